The van der Waals surface area contributed by atoms with Crippen LogP contribution in [0.3, 0.4) is 0 Å². The maximum absolute atomic E-state index is 12.4. The van der Waals surface area contributed by atoms with Gasteiger partial charge in [0.25, 0.3) is 0 Å². The Morgan fingerprint density at radius 3 is 2.50 bits per heavy atom. The average molecular weight is 296 g/mol. The van der Waals surface area contributed by atoms with Gasteiger partial charge in [0.05, 0.1) is 16.8 Å². The zero-order valence-corrected chi connectivity index (χ0v) is 10.3. The zero-order valence-electron chi connectivity index (χ0n) is 8.75. The number of hydrogen-bond acceptors (Lipinski definition) is 2. The van der Waals surface area contributed by atoms with Crippen molar-refractivity contribution in [2.45, 2.75) is 12.1 Å². The molecule has 0 spiro atoms. The van der Waals surface area contributed by atoms with Crippen LogP contribution >= 0.6 is 23.2 Å². The SMILES string of the molecule is FC(F)(F)c1cnn(-c2ncc(CCl)cc2Cl)c1. The van der Waals surface area contributed by atoms with Crippen LogP contribution in [0.1, 0.15) is 11.1 Å². The Bertz CT molecular complexity index is 566. The summed E-state index contributed by atoms with van der Waals surface area (Å²) in [5.41, 5.74) is -0.185. The van der Waals surface area contributed by atoms with Crippen molar-refractivity contribution < 1.29 is 13.2 Å². The Kier molecular flexibility index (Phi) is 3.49. The molecule has 0 aliphatic carbocycles. The predicted molar refractivity (Wildman–Crippen MR) is 60.9 cm³/mol. The molecule has 0 aliphatic rings. The molecule has 2 rings (SSSR count). The first-order chi connectivity index (χ1) is 8.41. The molecular weight excluding hydrogens is 290 g/mol. The lowest BCUT2D eigenvalue weighted by atomic mass is 10.3. The van der Waals surface area contributed by atoms with E-state index in [9.17, 15) is 13.2 Å². The van der Waals surface area contributed by atoms with Crippen molar-refractivity contribution >= 4 is 23.2 Å². The fraction of sp³-hybridized carbons (Fsp3) is 0.200. The van der Waals surface area contributed by atoms with E-state index in [4.69, 9.17) is 23.2 Å². The van der Waals surface area contributed by atoms with E-state index in [2.05, 4.69) is 10.1 Å². The number of halogens is 5. The fourth-order valence-electron chi connectivity index (χ4n) is 1.30. The molecule has 0 bridgehead atoms. The number of nitrogens with zero attached hydrogens (tertiary/aromatic N) is 3. The molecule has 0 amide bonds. The summed E-state index contributed by atoms with van der Waals surface area (Å²) in [5.74, 6) is 0.348. The van der Waals surface area contributed by atoms with E-state index in [1.165, 1.54) is 12.3 Å². The highest BCUT2D eigenvalue weighted by atomic mass is 35.5. The Labute approximate surface area is 110 Å². The highest BCUT2D eigenvalue weighted by Crippen LogP contribution is 2.29. The number of alkyl halides is 4. The van der Waals surface area contributed by atoms with Crippen LogP contribution in [0, 0.1) is 0 Å². The maximum atomic E-state index is 12.4. The molecule has 3 nitrogen and oxygen atoms in total. The number of rotatable bonds is 2. The molecule has 0 radical (unpaired) electrons. The second-order valence-electron chi connectivity index (χ2n) is 3.45. The minimum atomic E-state index is -4.44. The van der Waals surface area contributed by atoms with Crippen molar-refractivity contribution in [1.82, 2.24) is 14.8 Å². The molecule has 0 atom stereocenters. The third-order valence-corrected chi connectivity index (χ3v) is 2.75. The molecular formula is C10H6Cl2F3N3. The van der Waals surface area contributed by atoms with Crippen LogP contribution < -0.4 is 0 Å². The highest BCUT2D eigenvalue weighted by molar-refractivity contribution is 6.32. The summed E-state index contributed by atoms with van der Waals surface area (Å²) in [6, 6.07) is 1.53. The summed E-state index contributed by atoms with van der Waals surface area (Å²) in [5, 5.41) is 3.77. The molecule has 0 saturated carbocycles. The quantitative estimate of drug-likeness (QED) is 0.791. The van der Waals surface area contributed by atoms with Gasteiger partial charge >= 0.3 is 6.18 Å². The summed E-state index contributed by atoms with van der Waals surface area (Å²) in [4.78, 5) is 3.93. The van der Waals surface area contributed by atoms with Gasteiger partial charge < -0.3 is 0 Å². The van der Waals surface area contributed by atoms with Gasteiger partial charge in [0, 0.05) is 18.3 Å². The third kappa shape index (κ3) is 2.59. The van der Waals surface area contributed by atoms with Gasteiger partial charge in [0.2, 0.25) is 0 Å². The summed E-state index contributed by atoms with van der Waals surface area (Å²) < 4.78 is 38.2. The van der Waals surface area contributed by atoms with Crippen molar-refractivity contribution in [1.29, 1.82) is 0 Å². The van der Waals surface area contributed by atoms with Crippen LogP contribution in [0.2, 0.25) is 5.02 Å². The van der Waals surface area contributed by atoms with Crippen molar-refractivity contribution in [3.05, 3.63) is 40.8 Å². The van der Waals surface area contributed by atoms with Crippen LogP contribution in [0.25, 0.3) is 5.82 Å². The van der Waals surface area contributed by atoms with Crippen LogP contribution in [0.15, 0.2) is 24.7 Å². The van der Waals surface area contributed by atoms with Gasteiger partial charge in [0.1, 0.15) is 0 Å². The Morgan fingerprint density at radius 1 is 1.28 bits per heavy atom. The molecule has 18 heavy (non-hydrogen) atoms. The lowest BCUT2D eigenvalue weighted by molar-refractivity contribution is -0.137. The van der Waals surface area contributed by atoms with Gasteiger partial charge in [-0.3, -0.25) is 0 Å². The van der Waals surface area contributed by atoms with Gasteiger partial charge in [-0.05, 0) is 11.6 Å². The molecule has 0 saturated heterocycles. The molecule has 0 unspecified atom stereocenters. The number of aromatic nitrogens is 3. The van der Waals surface area contributed by atoms with Gasteiger partial charge in [0.15, 0.2) is 5.82 Å². The van der Waals surface area contributed by atoms with E-state index in [0.29, 0.717) is 11.8 Å². The molecule has 2 heterocycles. The van der Waals surface area contributed by atoms with Gasteiger partial charge in [-0.25, -0.2) is 9.67 Å². The van der Waals surface area contributed by atoms with Gasteiger partial charge in [-0.1, -0.05) is 11.6 Å². The largest absolute Gasteiger partial charge is 0.419 e. The Morgan fingerprint density at radius 2 is 2.00 bits per heavy atom. The Hall–Kier alpha value is -1.27. The normalized spacial score (nSPS) is 11.8. The fourth-order valence-corrected chi connectivity index (χ4v) is 1.72. The van der Waals surface area contributed by atoms with Gasteiger partial charge in [-0.15, -0.1) is 11.6 Å². The predicted octanol–water partition coefficient (Wildman–Crippen LogP) is 3.68. The van der Waals surface area contributed by atoms with E-state index in [0.717, 1.165) is 10.9 Å². The molecule has 0 aromatic carbocycles. The van der Waals surface area contributed by atoms with E-state index in [-0.39, 0.29) is 16.7 Å². The second kappa shape index (κ2) is 4.78. The zero-order chi connectivity index (χ0) is 13.3. The first kappa shape index (κ1) is 13.2. The monoisotopic (exact) mass is 295 g/mol. The molecule has 0 N–H and O–H groups in total. The lowest BCUT2D eigenvalue weighted by Crippen LogP contribution is -2.03. The van der Waals surface area contributed by atoms with Crippen LogP contribution in [0.5, 0.6) is 0 Å². The molecule has 8 heteroatoms. The first-order valence-corrected chi connectivity index (χ1v) is 5.65. The van der Waals surface area contributed by atoms with E-state index >= 15 is 0 Å². The van der Waals surface area contributed by atoms with Crippen LogP contribution in [0.4, 0.5) is 13.2 Å². The minimum absolute atomic E-state index is 0.126. The number of pyridine rings is 1. The van der Waals surface area contributed by atoms with E-state index < -0.39 is 11.7 Å². The van der Waals surface area contributed by atoms with Crippen LogP contribution in [-0.4, -0.2) is 14.8 Å². The highest BCUT2D eigenvalue weighted by Gasteiger charge is 2.32. The molecule has 96 valence electrons. The average Bonchev–Trinajstić information content (AvgIpc) is 2.77. The van der Waals surface area contributed by atoms with E-state index in [1.807, 2.05) is 0 Å². The third-order valence-electron chi connectivity index (χ3n) is 2.16. The maximum Gasteiger partial charge on any atom is 0.419 e. The van der Waals surface area contributed by atoms with Crippen molar-refractivity contribution in [3.8, 4) is 5.82 Å². The summed E-state index contributed by atoms with van der Waals surface area (Å²) in [6.45, 7) is 0. The lowest BCUT2D eigenvalue weighted by Gasteiger charge is -2.04. The smallest absolute Gasteiger partial charge is 0.235 e. The summed E-state index contributed by atoms with van der Waals surface area (Å²) >= 11 is 11.5. The summed E-state index contributed by atoms with van der Waals surface area (Å²) in [7, 11) is 0. The Balaban J connectivity index is 2.40. The van der Waals surface area contributed by atoms with Crippen molar-refractivity contribution in [2.75, 3.05) is 0 Å². The molecule has 0 fully saturated rings. The number of hydrogen-bond donors (Lipinski definition) is 0. The van der Waals surface area contributed by atoms with Gasteiger partial charge in [-0.2, -0.15) is 18.3 Å². The standard InChI is InChI=1S/C10H6Cl2F3N3/c11-2-6-1-8(12)9(16-3-6)18-5-7(4-17-18)10(13,14)15/h1,3-5H,2H2. The summed E-state index contributed by atoms with van der Waals surface area (Å²) in [6.07, 6.45) is -1.47. The van der Waals surface area contributed by atoms with Crippen molar-refractivity contribution in [3.63, 3.8) is 0 Å². The second-order valence-corrected chi connectivity index (χ2v) is 4.13. The van der Waals surface area contributed by atoms with E-state index in [1.54, 1.807) is 0 Å². The van der Waals surface area contributed by atoms with Crippen LogP contribution in [-0.2, 0) is 12.1 Å². The minimum Gasteiger partial charge on any atom is -0.235 e. The first-order valence-electron chi connectivity index (χ1n) is 4.74. The van der Waals surface area contributed by atoms with Crippen molar-refractivity contribution in [2.24, 2.45) is 0 Å². The molecule has 0 aliphatic heterocycles. The topological polar surface area (TPSA) is 30.7 Å². The molecule has 2 aromatic heterocycles. The molecule has 2 aromatic rings.